The molecule has 7 heteroatoms. The summed E-state index contributed by atoms with van der Waals surface area (Å²) in [6.07, 6.45) is 0. The fourth-order valence-electron chi connectivity index (χ4n) is 2.09. The Morgan fingerprint density at radius 3 is 2.75 bits per heavy atom. The van der Waals surface area contributed by atoms with E-state index in [4.69, 9.17) is 4.74 Å². The average molecular weight is 360 g/mol. The molecular weight excluding hydrogens is 346 g/mol. The van der Waals surface area contributed by atoms with Crippen molar-refractivity contribution in [3.8, 4) is 5.75 Å². The van der Waals surface area contributed by atoms with E-state index < -0.39 is 12.0 Å². The molecule has 1 aromatic rings. The SMILES string of the molecule is COc1ccc(C(=O)N2C(C)SCC2C(=O)O)cc1Br. The van der Waals surface area contributed by atoms with E-state index in [1.54, 1.807) is 25.3 Å². The molecule has 2 atom stereocenters. The van der Waals surface area contributed by atoms with Gasteiger partial charge in [-0.25, -0.2) is 4.79 Å². The number of thioether (sulfide) groups is 1. The first kappa shape index (κ1) is 15.2. The zero-order valence-electron chi connectivity index (χ0n) is 11.0. The van der Waals surface area contributed by atoms with Crippen LogP contribution in [0, 0.1) is 0 Å². The minimum absolute atomic E-state index is 0.149. The smallest absolute Gasteiger partial charge is 0.327 e. The van der Waals surface area contributed by atoms with Gasteiger partial charge in [-0.1, -0.05) is 0 Å². The molecule has 108 valence electrons. The molecule has 1 amide bonds. The third-order valence-corrected chi connectivity index (χ3v) is 4.98. The Bertz CT molecular complexity index is 551. The molecule has 0 spiro atoms. The molecule has 1 aliphatic rings. The van der Waals surface area contributed by atoms with Crippen LogP contribution >= 0.6 is 27.7 Å². The first-order valence-corrected chi connectivity index (χ1v) is 7.80. The second-order valence-electron chi connectivity index (χ2n) is 4.35. The van der Waals surface area contributed by atoms with E-state index >= 15 is 0 Å². The van der Waals surface area contributed by atoms with E-state index in [2.05, 4.69) is 15.9 Å². The summed E-state index contributed by atoms with van der Waals surface area (Å²) >= 11 is 4.79. The molecule has 1 aliphatic heterocycles. The van der Waals surface area contributed by atoms with Gasteiger partial charge in [0.15, 0.2) is 0 Å². The van der Waals surface area contributed by atoms with E-state index in [1.165, 1.54) is 16.7 Å². The molecule has 1 saturated heterocycles. The Hall–Kier alpha value is -1.21. The number of carbonyl (C=O) groups excluding carboxylic acids is 1. The van der Waals surface area contributed by atoms with Crippen molar-refractivity contribution in [2.24, 2.45) is 0 Å². The lowest BCUT2D eigenvalue weighted by atomic mass is 10.1. The molecule has 20 heavy (non-hydrogen) atoms. The maximum absolute atomic E-state index is 12.5. The van der Waals surface area contributed by atoms with Crippen LogP contribution in [-0.2, 0) is 4.79 Å². The van der Waals surface area contributed by atoms with Gasteiger partial charge < -0.3 is 14.7 Å². The summed E-state index contributed by atoms with van der Waals surface area (Å²) in [5.41, 5.74) is 0.443. The standard InChI is InChI=1S/C13H14BrNO4S/c1-7-15(10(6-20-7)13(17)18)12(16)8-3-4-11(19-2)9(14)5-8/h3-5,7,10H,6H2,1-2H3,(H,17,18). The minimum Gasteiger partial charge on any atom is -0.496 e. The molecule has 1 aromatic carbocycles. The van der Waals surface area contributed by atoms with Crippen molar-refractivity contribution >= 4 is 39.6 Å². The average Bonchev–Trinajstić information content (AvgIpc) is 2.80. The second-order valence-corrected chi connectivity index (χ2v) is 6.55. The van der Waals surface area contributed by atoms with Crippen molar-refractivity contribution in [3.63, 3.8) is 0 Å². The van der Waals surface area contributed by atoms with Gasteiger partial charge in [0.05, 0.1) is 17.0 Å². The van der Waals surface area contributed by atoms with Gasteiger partial charge in [0, 0.05) is 11.3 Å². The summed E-state index contributed by atoms with van der Waals surface area (Å²) in [6, 6.07) is 4.19. The third-order valence-electron chi connectivity index (χ3n) is 3.14. The summed E-state index contributed by atoms with van der Waals surface area (Å²) in [4.78, 5) is 25.2. The predicted molar refractivity (Wildman–Crippen MR) is 80.2 cm³/mol. The van der Waals surface area contributed by atoms with Crippen molar-refractivity contribution in [1.29, 1.82) is 0 Å². The quantitative estimate of drug-likeness (QED) is 0.897. The second kappa shape index (κ2) is 6.05. The van der Waals surface area contributed by atoms with Crippen molar-refractivity contribution in [1.82, 2.24) is 4.90 Å². The van der Waals surface area contributed by atoms with Gasteiger partial charge in [-0.15, -0.1) is 11.8 Å². The number of carbonyl (C=O) groups is 2. The van der Waals surface area contributed by atoms with Crippen LogP contribution in [0.2, 0.25) is 0 Å². The van der Waals surface area contributed by atoms with Crippen LogP contribution < -0.4 is 4.74 Å². The number of hydrogen-bond donors (Lipinski definition) is 1. The normalized spacial score (nSPS) is 21.9. The van der Waals surface area contributed by atoms with Crippen LogP contribution in [0.5, 0.6) is 5.75 Å². The third kappa shape index (κ3) is 2.78. The highest BCUT2D eigenvalue weighted by atomic mass is 79.9. The highest BCUT2D eigenvalue weighted by Crippen LogP contribution is 2.32. The summed E-state index contributed by atoms with van der Waals surface area (Å²) in [6.45, 7) is 1.84. The lowest BCUT2D eigenvalue weighted by Crippen LogP contribution is -2.44. The first-order valence-electron chi connectivity index (χ1n) is 5.96. The number of hydrogen-bond acceptors (Lipinski definition) is 4. The van der Waals surface area contributed by atoms with Gasteiger partial charge in [-0.2, -0.15) is 0 Å². The van der Waals surface area contributed by atoms with Crippen molar-refractivity contribution in [2.45, 2.75) is 18.3 Å². The maximum Gasteiger partial charge on any atom is 0.327 e. The molecule has 1 N–H and O–H groups in total. The monoisotopic (exact) mass is 359 g/mol. The molecule has 0 aliphatic carbocycles. The van der Waals surface area contributed by atoms with Crippen LogP contribution in [0.25, 0.3) is 0 Å². The van der Waals surface area contributed by atoms with Crippen LogP contribution in [0.15, 0.2) is 22.7 Å². The summed E-state index contributed by atoms with van der Waals surface area (Å²) in [5.74, 6) is -0.208. The number of nitrogens with zero attached hydrogens (tertiary/aromatic N) is 1. The van der Waals surface area contributed by atoms with Crippen molar-refractivity contribution in [2.75, 3.05) is 12.9 Å². The Kier molecular flexibility index (Phi) is 4.59. The lowest BCUT2D eigenvalue weighted by Gasteiger charge is -2.25. The van der Waals surface area contributed by atoms with Crippen LogP contribution in [0.3, 0.4) is 0 Å². The van der Waals surface area contributed by atoms with Gasteiger partial charge in [0.2, 0.25) is 0 Å². The van der Waals surface area contributed by atoms with Gasteiger partial charge in [-0.3, -0.25) is 4.79 Å². The molecule has 0 bridgehead atoms. The van der Waals surface area contributed by atoms with Crippen molar-refractivity contribution < 1.29 is 19.4 Å². The fraction of sp³-hybridized carbons (Fsp3) is 0.385. The van der Waals surface area contributed by atoms with E-state index in [9.17, 15) is 14.7 Å². The minimum atomic E-state index is -0.970. The van der Waals surface area contributed by atoms with Gasteiger partial charge in [0.25, 0.3) is 5.91 Å². The number of amides is 1. The molecule has 5 nitrogen and oxygen atoms in total. The summed E-state index contributed by atoms with van der Waals surface area (Å²) < 4.78 is 5.78. The number of halogens is 1. The molecule has 1 fully saturated rings. The topological polar surface area (TPSA) is 66.8 Å². The van der Waals surface area contributed by atoms with Crippen LogP contribution in [0.4, 0.5) is 0 Å². The highest BCUT2D eigenvalue weighted by molar-refractivity contribution is 9.10. The first-order chi connectivity index (χ1) is 9.45. The van der Waals surface area contributed by atoms with E-state index in [0.29, 0.717) is 21.5 Å². The van der Waals surface area contributed by atoms with Crippen LogP contribution in [-0.4, -0.2) is 46.2 Å². The number of methoxy groups -OCH3 is 1. The number of rotatable bonds is 3. The van der Waals surface area contributed by atoms with Crippen molar-refractivity contribution in [3.05, 3.63) is 28.2 Å². The van der Waals surface area contributed by atoms with Gasteiger partial charge in [0.1, 0.15) is 11.8 Å². The van der Waals surface area contributed by atoms with Gasteiger partial charge >= 0.3 is 5.97 Å². The number of benzene rings is 1. The fourth-order valence-corrected chi connectivity index (χ4v) is 3.80. The molecule has 2 unspecified atom stereocenters. The summed E-state index contributed by atoms with van der Waals surface area (Å²) in [5, 5.41) is 9.05. The number of ether oxygens (including phenoxy) is 1. The Morgan fingerprint density at radius 2 is 2.20 bits per heavy atom. The van der Waals surface area contributed by atoms with Gasteiger partial charge in [-0.05, 0) is 41.1 Å². The summed E-state index contributed by atoms with van der Waals surface area (Å²) in [7, 11) is 1.54. The van der Waals surface area contributed by atoms with E-state index in [0.717, 1.165) is 0 Å². The molecule has 1 heterocycles. The number of carboxylic acid groups (broad SMARTS) is 1. The van der Waals surface area contributed by atoms with E-state index in [1.807, 2.05) is 6.92 Å². The molecule has 2 rings (SSSR count). The maximum atomic E-state index is 12.5. The Morgan fingerprint density at radius 1 is 1.50 bits per heavy atom. The molecular formula is C13H14BrNO4S. The molecule has 0 saturated carbocycles. The largest absolute Gasteiger partial charge is 0.496 e. The molecule has 0 aromatic heterocycles. The Labute approximate surface area is 129 Å². The lowest BCUT2D eigenvalue weighted by molar-refractivity contribution is -0.141. The zero-order chi connectivity index (χ0) is 14.9. The number of carboxylic acids is 1. The number of aliphatic carboxylic acids is 1. The predicted octanol–water partition coefficient (Wildman–Crippen LogP) is 2.45. The van der Waals surface area contributed by atoms with E-state index in [-0.39, 0.29) is 11.3 Å². The van der Waals surface area contributed by atoms with Crippen LogP contribution in [0.1, 0.15) is 17.3 Å². The Balaban J connectivity index is 2.30. The zero-order valence-corrected chi connectivity index (χ0v) is 13.4. The highest BCUT2D eigenvalue weighted by Gasteiger charge is 2.39. The molecule has 0 radical (unpaired) electrons.